The van der Waals surface area contributed by atoms with Crippen LogP contribution in [0.2, 0.25) is 0 Å². The molecule has 150 valence electrons. The van der Waals surface area contributed by atoms with Crippen LogP contribution in [0, 0.1) is 20.8 Å². The molecule has 31 heavy (non-hydrogen) atoms. The maximum absolute atomic E-state index is 5.03. The maximum atomic E-state index is 5.03. The second-order valence-corrected chi connectivity index (χ2v) is 9.37. The summed E-state index contributed by atoms with van der Waals surface area (Å²) in [6.07, 6.45) is 0. The third-order valence-electron chi connectivity index (χ3n) is 6.28. The van der Waals surface area contributed by atoms with Crippen LogP contribution in [-0.2, 0) is 0 Å². The number of aromatic nitrogens is 2. The van der Waals surface area contributed by atoms with Gasteiger partial charge in [0, 0.05) is 15.2 Å². The lowest BCUT2D eigenvalue weighted by Crippen LogP contribution is -1.94. The van der Waals surface area contributed by atoms with E-state index < -0.39 is 0 Å². The number of fused-ring (bicyclic) bond motifs is 8. The molecule has 2 nitrogen and oxygen atoms in total. The van der Waals surface area contributed by atoms with Crippen LogP contribution in [0.1, 0.15) is 16.7 Å². The number of para-hydroxylation sites is 2. The smallest absolute Gasteiger partial charge is 0.146 e. The number of hydrogen-bond donors (Lipinski definition) is 0. The van der Waals surface area contributed by atoms with Crippen molar-refractivity contribution < 1.29 is 0 Å². The topological polar surface area (TPSA) is 17.3 Å². The summed E-state index contributed by atoms with van der Waals surface area (Å²) in [6.45, 7) is 6.58. The Kier molecular flexibility index (Phi) is 4.00. The molecule has 6 aromatic rings. The summed E-state index contributed by atoms with van der Waals surface area (Å²) in [5.74, 6) is 0. The number of hydrogen-bond acceptors (Lipinski definition) is 1. The van der Waals surface area contributed by atoms with Gasteiger partial charge >= 0.3 is 0 Å². The van der Waals surface area contributed by atoms with Crippen LogP contribution in [0.15, 0.2) is 77.3 Å². The van der Waals surface area contributed by atoms with Gasteiger partial charge in [0.15, 0.2) is 0 Å². The summed E-state index contributed by atoms with van der Waals surface area (Å²) in [5, 5.41) is 3.63. The highest BCUT2D eigenvalue weighted by atomic mass is 79.9. The second kappa shape index (κ2) is 6.66. The maximum Gasteiger partial charge on any atom is 0.146 e. The fraction of sp³-hybridized carbons (Fsp3) is 0.107. The zero-order chi connectivity index (χ0) is 21.3. The van der Waals surface area contributed by atoms with E-state index in [1.54, 1.807) is 0 Å². The Morgan fingerprint density at radius 2 is 1.45 bits per heavy atom. The molecule has 2 aromatic heterocycles. The van der Waals surface area contributed by atoms with E-state index in [9.17, 15) is 0 Å². The number of aryl methyl sites for hydroxylation is 3. The average molecular weight is 465 g/mol. The largest absolute Gasteiger partial charge is 0.292 e. The first kappa shape index (κ1) is 18.6. The first-order valence-corrected chi connectivity index (χ1v) is 11.3. The lowest BCUT2D eigenvalue weighted by molar-refractivity contribution is 1.30. The molecule has 0 bridgehead atoms. The molecule has 3 heteroatoms. The monoisotopic (exact) mass is 464 g/mol. The quantitative estimate of drug-likeness (QED) is 0.224. The van der Waals surface area contributed by atoms with Gasteiger partial charge < -0.3 is 0 Å². The highest BCUT2D eigenvalue weighted by Crippen LogP contribution is 2.37. The van der Waals surface area contributed by atoms with Gasteiger partial charge in [-0.05, 0) is 78.7 Å². The summed E-state index contributed by atoms with van der Waals surface area (Å²) in [4.78, 5) is 5.03. The van der Waals surface area contributed by atoms with E-state index in [2.05, 4.69) is 114 Å². The molecule has 0 unspecified atom stereocenters. The standard InChI is InChI=1S/C28H21BrN2/c1-16-12-17(2)27(18(3)13-16)19-8-10-22-21-11-9-20(29)15-23(21)28-30-24-6-4-5-7-25(24)31(28)26(22)14-19/h4-15H,1-3H3. The Balaban J connectivity index is 1.82. The number of benzene rings is 4. The number of halogens is 1. The van der Waals surface area contributed by atoms with E-state index in [-0.39, 0.29) is 0 Å². The van der Waals surface area contributed by atoms with Crippen molar-refractivity contribution in [3.8, 4) is 11.1 Å². The van der Waals surface area contributed by atoms with Gasteiger partial charge in [-0.3, -0.25) is 4.40 Å². The van der Waals surface area contributed by atoms with Gasteiger partial charge in [0.05, 0.1) is 16.6 Å². The fourth-order valence-corrected chi connectivity index (χ4v) is 5.48. The van der Waals surface area contributed by atoms with Crippen molar-refractivity contribution in [1.82, 2.24) is 9.38 Å². The van der Waals surface area contributed by atoms with Crippen LogP contribution in [0.3, 0.4) is 0 Å². The van der Waals surface area contributed by atoms with Gasteiger partial charge in [-0.15, -0.1) is 0 Å². The Labute approximate surface area is 189 Å². The Bertz CT molecular complexity index is 1650. The van der Waals surface area contributed by atoms with Crippen molar-refractivity contribution in [2.45, 2.75) is 20.8 Å². The third-order valence-corrected chi connectivity index (χ3v) is 6.77. The molecule has 0 saturated heterocycles. The van der Waals surface area contributed by atoms with Gasteiger partial charge in [0.2, 0.25) is 0 Å². The van der Waals surface area contributed by atoms with E-state index >= 15 is 0 Å². The number of pyridine rings is 1. The molecule has 0 atom stereocenters. The minimum absolute atomic E-state index is 1.000. The van der Waals surface area contributed by atoms with Crippen LogP contribution in [0.25, 0.3) is 49.5 Å². The zero-order valence-electron chi connectivity index (χ0n) is 17.7. The molecule has 0 saturated carbocycles. The number of nitrogens with zero attached hydrogens (tertiary/aromatic N) is 2. The van der Waals surface area contributed by atoms with Crippen molar-refractivity contribution >= 4 is 54.3 Å². The molecule has 0 amide bonds. The predicted molar refractivity (Wildman–Crippen MR) is 135 cm³/mol. The molecule has 0 fully saturated rings. The van der Waals surface area contributed by atoms with Crippen LogP contribution in [-0.4, -0.2) is 9.38 Å². The molecule has 0 radical (unpaired) electrons. The van der Waals surface area contributed by atoms with Gasteiger partial charge in [-0.2, -0.15) is 0 Å². The molecule has 4 aromatic carbocycles. The SMILES string of the molecule is Cc1cc(C)c(-c2ccc3c4ccc(Br)cc4c4nc5ccccc5n4c3c2)c(C)c1. The highest BCUT2D eigenvalue weighted by Gasteiger charge is 2.15. The molecule has 2 heterocycles. The zero-order valence-corrected chi connectivity index (χ0v) is 19.3. The molecule has 0 N–H and O–H groups in total. The van der Waals surface area contributed by atoms with Crippen LogP contribution in [0.5, 0.6) is 0 Å². The molecule has 6 rings (SSSR count). The van der Waals surface area contributed by atoms with Gasteiger partial charge in [-0.25, -0.2) is 4.98 Å². The molecule has 0 aliphatic heterocycles. The van der Waals surface area contributed by atoms with Crippen LogP contribution >= 0.6 is 15.9 Å². The average Bonchev–Trinajstić information content (AvgIpc) is 3.13. The minimum Gasteiger partial charge on any atom is -0.292 e. The van der Waals surface area contributed by atoms with E-state index in [1.165, 1.54) is 44.1 Å². The summed E-state index contributed by atoms with van der Waals surface area (Å²) in [6, 6.07) is 26.3. The normalized spacial score (nSPS) is 11.9. The summed E-state index contributed by atoms with van der Waals surface area (Å²) < 4.78 is 3.39. The summed E-state index contributed by atoms with van der Waals surface area (Å²) in [5.41, 5.74) is 10.8. The minimum atomic E-state index is 1.000. The number of rotatable bonds is 1. The van der Waals surface area contributed by atoms with Crippen molar-refractivity contribution in [1.29, 1.82) is 0 Å². The summed E-state index contributed by atoms with van der Waals surface area (Å²) >= 11 is 3.65. The molecular weight excluding hydrogens is 444 g/mol. The fourth-order valence-electron chi connectivity index (χ4n) is 5.12. The van der Waals surface area contributed by atoms with Crippen LogP contribution < -0.4 is 0 Å². The lowest BCUT2D eigenvalue weighted by Gasteiger charge is -2.15. The van der Waals surface area contributed by atoms with E-state index in [0.29, 0.717) is 0 Å². The summed E-state index contributed by atoms with van der Waals surface area (Å²) in [7, 11) is 0. The van der Waals surface area contributed by atoms with Gasteiger partial charge in [-0.1, -0.05) is 64.0 Å². The van der Waals surface area contributed by atoms with Crippen molar-refractivity contribution in [3.63, 3.8) is 0 Å². The lowest BCUT2D eigenvalue weighted by atomic mass is 9.92. The molecule has 0 spiro atoms. The predicted octanol–water partition coefficient (Wildman–Crippen LogP) is 8.15. The highest BCUT2D eigenvalue weighted by molar-refractivity contribution is 9.10. The van der Waals surface area contributed by atoms with E-state index in [4.69, 9.17) is 4.98 Å². The molecular formula is C28H21BrN2. The Morgan fingerprint density at radius 3 is 2.26 bits per heavy atom. The van der Waals surface area contributed by atoms with E-state index in [0.717, 1.165) is 26.5 Å². The first-order valence-electron chi connectivity index (χ1n) is 10.5. The van der Waals surface area contributed by atoms with Crippen molar-refractivity contribution in [3.05, 3.63) is 94.0 Å². The Morgan fingerprint density at radius 1 is 0.710 bits per heavy atom. The Hall–Kier alpha value is -3.17. The van der Waals surface area contributed by atoms with Crippen molar-refractivity contribution in [2.24, 2.45) is 0 Å². The van der Waals surface area contributed by atoms with Gasteiger partial charge in [0.25, 0.3) is 0 Å². The molecule has 0 aliphatic carbocycles. The third kappa shape index (κ3) is 2.73. The van der Waals surface area contributed by atoms with E-state index in [1.807, 2.05) is 0 Å². The number of imidazole rings is 1. The molecule has 0 aliphatic rings. The van der Waals surface area contributed by atoms with Crippen LogP contribution in [0.4, 0.5) is 0 Å². The first-order chi connectivity index (χ1) is 15.0. The van der Waals surface area contributed by atoms with Gasteiger partial charge in [0.1, 0.15) is 5.65 Å². The van der Waals surface area contributed by atoms with Crippen molar-refractivity contribution in [2.75, 3.05) is 0 Å². The second-order valence-electron chi connectivity index (χ2n) is 8.46.